The molecule has 2 N–H and O–H groups in total. The summed E-state index contributed by atoms with van der Waals surface area (Å²) in [5.41, 5.74) is 0. The fraction of sp³-hybridized carbons (Fsp3) is 0.286. The van der Waals surface area contributed by atoms with Crippen LogP contribution in [0.15, 0.2) is 34.9 Å². The Hall–Kier alpha value is -1.66. The van der Waals surface area contributed by atoms with E-state index >= 15 is 0 Å². The Labute approximate surface area is 125 Å². The summed E-state index contributed by atoms with van der Waals surface area (Å²) < 4.78 is 6.13. The van der Waals surface area contributed by atoms with Crippen LogP contribution in [0.2, 0.25) is 0 Å². The second-order valence-corrected chi connectivity index (χ2v) is 5.19. The van der Waals surface area contributed by atoms with Crippen LogP contribution in [-0.4, -0.2) is 35.8 Å². The molecule has 106 valence electrons. The van der Waals surface area contributed by atoms with Gasteiger partial charge in [-0.2, -0.15) is 0 Å². The lowest BCUT2D eigenvalue weighted by Crippen LogP contribution is -2.25. The predicted molar refractivity (Wildman–Crippen MR) is 81.0 cm³/mol. The minimum Gasteiger partial charge on any atom is -0.481 e. The zero-order valence-electron chi connectivity index (χ0n) is 11.0. The number of benzene rings is 1. The van der Waals surface area contributed by atoms with E-state index in [0.717, 1.165) is 21.1 Å². The number of rotatable bonds is 6. The maximum atomic E-state index is 10.7. The molecule has 1 atom stereocenters. The highest BCUT2D eigenvalue weighted by Crippen LogP contribution is 2.27. The largest absolute Gasteiger partial charge is 0.481 e. The first kappa shape index (κ1) is 14.7. The molecule has 1 unspecified atom stereocenters. The SMILES string of the molecule is COC(CNc1nccc2c(Br)cccc12)CC(=O)O. The second-order valence-electron chi connectivity index (χ2n) is 4.33. The highest BCUT2D eigenvalue weighted by Gasteiger charge is 2.13. The van der Waals surface area contributed by atoms with Crippen molar-refractivity contribution in [2.45, 2.75) is 12.5 Å². The number of nitrogens with zero attached hydrogens (tertiary/aromatic N) is 1. The van der Waals surface area contributed by atoms with Crippen molar-refractivity contribution in [2.24, 2.45) is 0 Å². The van der Waals surface area contributed by atoms with Gasteiger partial charge in [-0.05, 0) is 12.1 Å². The first-order chi connectivity index (χ1) is 9.61. The molecule has 20 heavy (non-hydrogen) atoms. The average Bonchev–Trinajstić information content (AvgIpc) is 2.43. The van der Waals surface area contributed by atoms with Gasteiger partial charge in [0.25, 0.3) is 0 Å². The van der Waals surface area contributed by atoms with Crippen LogP contribution in [0.3, 0.4) is 0 Å². The van der Waals surface area contributed by atoms with E-state index in [2.05, 4.69) is 26.2 Å². The van der Waals surface area contributed by atoms with Gasteiger partial charge in [0.05, 0.1) is 12.5 Å². The zero-order valence-corrected chi connectivity index (χ0v) is 12.6. The standard InChI is InChI=1S/C14H15BrN2O3/c1-20-9(7-13(18)19)8-17-14-11-3-2-4-12(15)10(11)5-6-16-14/h2-6,9H,7-8H2,1H3,(H,16,17)(H,18,19). The molecule has 0 aliphatic rings. The van der Waals surface area contributed by atoms with Gasteiger partial charge in [0.15, 0.2) is 0 Å². The molecule has 5 nitrogen and oxygen atoms in total. The predicted octanol–water partition coefficient (Wildman–Crippen LogP) is 2.90. The number of carbonyl (C=O) groups is 1. The van der Waals surface area contributed by atoms with Crippen LogP contribution >= 0.6 is 15.9 Å². The van der Waals surface area contributed by atoms with Gasteiger partial charge in [-0.1, -0.05) is 28.1 Å². The van der Waals surface area contributed by atoms with E-state index in [0.29, 0.717) is 6.54 Å². The van der Waals surface area contributed by atoms with E-state index in [1.54, 1.807) is 6.20 Å². The molecule has 0 bridgehead atoms. The van der Waals surface area contributed by atoms with Crippen LogP contribution in [0.4, 0.5) is 5.82 Å². The van der Waals surface area contributed by atoms with E-state index in [1.807, 2.05) is 24.3 Å². The van der Waals surface area contributed by atoms with E-state index in [-0.39, 0.29) is 6.42 Å². The highest BCUT2D eigenvalue weighted by molar-refractivity contribution is 9.10. The second kappa shape index (κ2) is 6.67. The molecule has 6 heteroatoms. The molecule has 0 fully saturated rings. The normalized spacial score (nSPS) is 12.3. The number of halogens is 1. The van der Waals surface area contributed by atoms with Crippen molar-refractivity contribution < 1.29 is 14.6 Å². The first-order valence-electron chi connectivity index (χ1n) is 6.13. The number of nitrogens with one attached hydrogen (secondary N) is 1. The maximum absolute atomic E-state index is 10.7. The third-order valence-corrected chi connectivity index (χ3v) is 3.68. The summed E-state index contributed by atoms with van der Waals surface area (Å²) in [6, 6.07) is 7.79. The van der Waals surface area contributed by atoms with E-state index < -0.39 is 12.1 Å². The van der Waals surface area contributed by atoms with Crippen LogP contribution in [-0.2, 0) is 9.53 Å². The summed E-state index contributed by atoms with van der Waals surface area (Å²) >= 11 is 3.50. The minimum atomic E-state index is -0.882. The Kier molecular flexibility index (Phi) is 4.92. The van der Waals surface area contributed by atoms with Crippen LogP contribution in [0.5, 0.6) is 0 Å². The average molecular weight is 339 g/mol. The Bertz CT molecular complexity index is 618. The smallest absolute Gasteiger partial charge is 0.306 e. The molecule has 0 spiro atoms. The number of aromatic nitrogens is 1. The third-order valence-electron chi connectivity index (χ3n) is 2.99. The molecule has 2 aromatic rings. The lowest BCUT2D eigenvalue weighted by molar-refractivity contribution is -0.139. The van der Waals surface area contributed by atoms with Crippen molar-refractivity contribution >= 4 is 38.5 Å². The lowest BCUT2D eigenvalue weighted by Gasteiger charge is -2.15. The fourth-order valence-corrected chi connectivity index (χ4v) is 2.45. The first-order valence-corrected chi connectivity index (χ1v) is 6.93. The summed E-state index contributed by atoms with van der Waals surface area (Å²) in [5, 5.41) is 14.0. The lowest BCUT2D eigenvalue weighted by atomic mass is 10.1. The monoisotopic (exact) mass is 338 g/mol. The van der Waals surface area contributed by atoms with Crippen molar-refractivity contribution in [1.29, 1.82) is 0 Å². The fourth-order valence-electron chi connectivity index (χ4n) is 1.95. The van der Waals surface area contributed by atoms with Gasteiger partial charge in [0, 0.05) is 35.1 Å². The summed E-state index contributed by atoms with van der Waals surface area (Å²) in [7, 11) is 1.50. The minimum absolute atomic E-state index is 0.0437. The Morgan fingerprint density at radius 3 is 2.95 bits per heavy atom. The quantitative estimate of drug-likeness (QED) is 0.847. The third kappa shape index (κ3) is 3.46. The molecular formula is C14H15BrN2O3. The summed E-state index contributed by atoms with van der Waals surface area (Å²) in [6.07, 6.45) is 1.28. The van der Waals surface area contributed by atoms with Crippen molar-refractivity contribution in [1.82, 2.24) is 4.98 Å². The Morgan fingerprint density at radius 2 is 2.25 bits per heavy atom. The summed E-state index contributed by atoms with van der Waals surface area (Å²) in [4.78, 5) is 15.0. The number of fused-ring (bicyclic) bond motifs is 1. The van der Waals surface area contributed by atoms with Gasteiger partial charge < -0.3 is 15.2 Å². The number of aliphatic carboxylic acids is 1. The van der Waals surface area contributed by atoms with E-state index in [1.165, 1.54) is 7.11 Å². The number of carboxylic acids is 1. The highest BCUT2D eigenvalue weighted by atomic mass is 79.9. The van der Waals surface area contributed by atoms with Crippen LogP contribution in [0, 0.1) is 0 Å². The van der Waals surface area contributed by atoms with E-state index in [9.17, 15) is 4.79 Å². The van der Waals surface area contributed by atoms with Crippen LogP contribution in [0.1, 0.15) is 6.42 Å². The number of pyridine rings is 1. The molecule has 1 aromatic heterocycles. The van der Waals surface area contributed by atoms with Gasteiger partial charge >= 0.3 is 5.97 Å². The number of methoxy groups -OCH3 is 1. The molecular weight excluding hydrogens is 324 g/mol. The molecule has 0 aliphatic carbocycles. The topological polar surface area (TPSA) is 71.5 Å². The summed E-state index contributed by atoms with van der Waals surface area (Å²) in [6.45, 7) is 0.390. The number of hydrogen-bond donors (Lipinski definition) is 2. The number of anilines is 1. The van der Waals surface area contributed by atoms with E-state index in [4.69, 9.17) is 9.84 Å². The molecule has 0 saturated heterocycles. The zero-order chi connectivity index (χ0) is 14.5. The van der Waals surface area contributed by atoms with Crippen molar-refractivity contribution in [3.8, 4) is 0 Å². The van der Waals surface area contributed by atoms with Gasteiger partial charge in [-0.15, -0.1) is 0 Å². The van der Waals surface area contributed by atoms with Gasteiger partial charge in [-0.3, -0.25) is 4.79 Å². The van der Waals surface area contributed by atoms with Crippen molar-refractivity contribution in [3.63, 3.8) is 0 Å². The molecule has 0 aliphatic heterocycles. The van der Waals surface area contributed by atoms with Gasteiger partial charge in [-0.25, -0.2) is 4.98 Å². The van der Waals surface area contributed by atoms with Crippen LogP contribution < -0.4 is 5.32 Å². The molecule has 0 radical (unpaired) electrons. The van der Waals surface area contributed by atoms with Gasteiger partial charge in [0.1, 0.15) is 5.82 Å². The number of ether oxygens (including phenoxy) is 1. The molecule has 1 heterocycles. The Morgan fingerprint density at radius 1 is 1.45 bits per heavy atom. The van der Waals surface area contributed by atoms with Crippen LogP contribution in [0.25, 0.3) is 10.8 Å². The van der Waals surface area contributed by atoms with Crippen molar-refractivity contribution in [2.75, 3.05) is 19.0 Å². The molecule has 1 aromatic carbocycles. The number of carboxylic acid groups (broad SMARTS) is 1. The summed E-state index contributed by atoms with van der Waals surface area (Å²) in [5.74, 6) is -0.163. The maximum Gasteiger partial charge on any atom is 0.306 e. The molecule has 0 amide bonds. The molecule has 0 saturated carbocycles. The molecule has 2 rings (SSSR count). The van der Waals surface area contributed by atoms with Crippen molar-refractivity contribution in [3.05, 3.63) is 34.9 Å². The van der Waals surface area contributed by atoms with Gasteiger partial charge in [0.2, 0.25) is 0 Å². The Balaban J connectivity index is 2.17. The number of hydrogen-bond acceptors (Lipinski definition) is 4.